The molecule has 3 rings (SSSR count). The second-order valence-electron chi connectivity index (χ2n) is 8.33. The Balaban J connectivity index is 2.11. The van der Waals surface area contributed by atoms with Gasteiger partial charge in [0.1, 0.15) is 11.6 Å². The predicted molar refractivity (Wildman–Crippen MR) is 94.1 cm³/mol. The van der Waals surface area contributed by atoms with Crippen LogP contribution in [0.2, 0.25) is 0 Å². The summed E-state index contributed by atoms with van der Waals surface area (Å²) in [6, 6.07) is 0. The average Bonchev–Trinajstić information content (AvgIpc) is 2.95. The van der Waals surface area contributed by atoms with Gasteiger partial charge in [-0.1, -0.05) is 27.2 Å². The van der Waals surface area contributed by atoms with E-state index in [9.17, 15) is 9.59 Å². The van der Waals surface area contributed by atoms with Crippen LogP contribution in [-0.4, -0.2) is 17.3 Å². The molecule has 0 radical (unpaired) electrons. The summed E-state index contributed by atoms with van der Waals surface area (Å²) in [7, 11) is 0. The molecule has 1 aromatic heterocycles. The van der Waals surface area contributed by atoms with E-state index in [4.69, 9.17) is 14.9 Å². The van der Waals surface area contributed by atoms with Gasteiger partial charge in [0, 0.05) is 16.9 Å². The van der Waals surface area contributed by atoms with Crippen molar-refractivity contribution in [3.63, 3.8) is 0 Å². The van der Waals surface area contributed by atoms with Crippen molar-refractivity contribution < 1.29 is 18.7 Å². The molecule has 0 bridgehead atoms. The lowest BCUT2D eigenvalue weighted by Gasteiger charge is -2.52. The average molecular weight is 347 g/mol. The van der Waals surface area contributed by atoms with Gasteiger partial charge in [-0.2, -0.15) is 0 Å². The zero-order valence-electron chi connectivity index (χ0n) is 15.8. The van der Waals surface area contributed by atoms with Crippen LogP contribution in [0.3, 0.4) is 0 Å². The minimum atomic E-state index is -1.04. The van der Waals surface area contributed by atoms with Crippen LogP contribution in [0.15, 0.2) is 10.7 Å². The lowest BCUT2D eigenvalue weighted by Crippen LogP contribution is -2.53. The standard InChI is InChI=1S/C20H29NO4/c1-6-19(4,21)18(23)25-17-14-11(2)10-24-16(14)15(22)13-9-7-8-12(3)20(13,17)5/h10,12-13,17H,6-9,21H2,1-5H3/t12-,13-,17+,19+,20+/m0/s1. The first-order chi connectivity index (χ1) is 11.6. The highest BCUT2D eigenvalue weighted by Gasteiger charge is 2.58. The number of carbonyl (C=O) groups excluding carboxylic acids is 2. The molecule has 25 heavy (non-hydrogen) atoms. The molecule has 0 amide bonds. The van der Waals surface area contributed by atoms with Crippen LogP contribution < -0.4 is 5.73 Å². The zero-order chi connectivity index (χ0) is 18.6. The minimum absolute atomic E-state index is 0.0513. The number of esters is 1. The van der Waals surface area contributed by atoms with Crippen molar-refractivity contribution in [2.24, 2.45) is 23.0 Å². The van der Waals surface area contributed by atoms with Crippen LogP contribution in [-0.2, 0) is 9.53 Å². The number of aryl methyl sites for hydroxylation is 1. The van der Waals surface area contributed by atoms with Gasteiger partial charge in [0.05, 0.1) is 6.26 Å². The van der Waals surface area contributed by atoms with E-state index in [1.807, 2.05) is 13.8 Å². The molecule has 5 heteroatoms. The van der Waals surface area contributed by atoms with Crippen molar-refractivity contribution in [3.05, 3.63) is 23.2 Å². The number of Topliss-reactive ketones (excluding diaryl/α,β-unsaturated/α-hetero) is 1. The van der Waals surface area contributed by atoms with E-state index in [1.165, 1.54) is 0 Å². The van der Waals surface area contributed by atoms with E-state index in [0.717, 1.165) is 30.4 Å². The highest BCUT2D eigenvalue weighted by Crippen LogP contribution is 2.59. The van der Waals surface area contributed by atoms with E-state index in [0.29, 0.717) is 12.2 Å². The lowest BCUT2D eigenvalue weighted by atomic mass is 9.54. The third-order valence-electron chi connectivity index (χ3n) is 6.76. The van der Waals surface area contributed by atoms with Crippen LogP contribution in [0.1, 0.15) is 81.2 Å². The Kier molecular flexibility index (Phi) is 4.34. The predicted octanol–water partition coefficient (Wildman–Crippen LogP) is 3.94. The van der Waals surface area contributed by atoms with Crippen molar-refractivity contribution in [3.8, 4) is 0 Å². The number of ether oxygens (including phenoxy) is 1. The summed E-state index contributed by atoms with van der Waals surface area (Å²) in [6.45, 7) is 9.70. The number of furan rings is 1. The van der Waals surface area contributed by atoms with Gasteiger partial charge in [-0.05, 0) is 44.6 Å². The summed E-state index contributed by atoms with van der Waals surface area (Å²) in [6.07, 6.45) is 4.42. The van der Waals surface area contributed by atoms with Crippen LogP contribution in [0.4, 0.5) is 0 Å². The molecule has 1 saturated carbocycles. The van der Waals surface area contributed by atoms with Crippen molar-refractivity contribution in [2.45, 2.75) is 71.9 Å². The molecule has 5 atom stereocenters. The molecular weight excluding hydrogens is 318 g/mol. The topological polar surface area (TPSA) is 82.5 Å². The monoisotopic (exact) mass is 347 g/mol. The molecule has 0 aromatic carbocycles. The second kappa shape index (κ2) is 5.97. The Labute approximate surface area is 149 Å². The molecule has 2 N–H and O–H groups in total. The first kappa shape index (κ1) is 18.2. The van der Waals surface area contributed by atoms with Crippen molar-refractivity contribution in [1.29, 1.82) is 0 Å². The SMILES string of the molecule is CC[C@@](C)(N)C(=O)O[C@@H]1c2c(C)coc2C(=O)[C@@H]2CCC[C@H](C)[C@@]12C. The van der Waals surface area contributed by atoms with E-state index < -0.39 is 23.0 Å². The van der Waals surface area contributed by atoms with Crippen LogP contribution in [0, 0.1) is 24.2 Å². The summed E-state index contributed by atoms with van der Waals surface area (Å²) in [5, 5.41) is 0. The van der Waals surface area contributed by atoms with Gasteiger partial charge in [-0.25, -0.2) is 0 Å². The lowest BCUT2D eigenvalue weighted by molar-refractivity contribution is -0.172. The molecule has 138 valence electrons. The maximum atomic E-state index is 13.0. The third kappa shape index (κ3) is 2.55. The molecule has 0 aliphatic heterocycles. The summed E-state index contributed by atoms with van der Waals surface area (Å²) < 4.78 is 11.6. The number of nitrogens with two attached hydrogens (primary N) is 1. The number of hydrogen-bond acceptors (Lipinski definition) is 5. The maximum Gasteiger partial charge on any atom is 0.326 e. The number of fused-ring (bicyclic) bond motifs is 2. The quantitative estimate of drug-likeness (QED) is 0.838. The van der Waals surface area contributed by atoms with Gasteiger partial charge in [0.15, 0.2) is 5.76 Å². The molecule has 5 nitrogen and oxygen atoms in total. The van der Waals surface area contributed by atoms with Crippen LogP contribution in [0.5, 0.6) is 0 Å². The molecular formula is C20H29NO4. The Morgan fingerprint density at radius 2 is 2.16 bits per heavy atom. The van der Waals surface area contributed by atoms with Gasteiger partial charge in [0.25, 0.3) is 0 Å². The van der Waals surface area contributed by atoms with Gasteiger partial charge in [-0.3, -0.25) is 9.59 Å². The van der Waals surface area contributed by atoms with E-state index in [1.54, 1.807) is 13.2 Å². The number of carbonyl (C=O) groups is 2. The Morgan fingerprint density at radius 1 is 1.48 bits per heavy atom. The van der Waals surface area contributed by atoms with Crippen LogP contribution in [0.25, 0.3) is 0 Å². The smallest absolute Gasteiger partial charge is 0.326 e. The third-order valence-corrected chi connectivity index (χ3v) is 6.76. The largest absolute Gasteiger partial charge is 0.461 e. The van der Waals surface area contributed by atoms with Crippen molar-refractivity contribution >= 4 is 11.8 Å². The molecule has 2 aliphatic carbocycles. The molecule has 1 aromatic rings. The Hall–Kier alpha value is -1.62. The first-order valence-electron chi connectivity index (χ1n) is 9.26. The Morgan fingerprint density at radius 3 is 2.80 bits per heavy atom. The molecule has 1 heterocycles. The maximum absolute atomic E-state index is 13.0. The van der Waals surface area contributed by atoms with Gasteiger partial charge in [0.2, 0.25) is 5.78 Å². The molecule has 1 fully saturated rings. The first-order valence-corrected chi connectivity index (χ1v) is 9.26. The zero-order valence-corrected chi connectivity index (χ0v) is 15.8. The fraction of sp³-hybridized carbons (Fsp3) is 0.700. The van der Waals surface area contributed by atoms with Crippen molar-refractivity contribution in [1.82, 2.24) is 0 Å². The van der Waals surface area contributed by atoms with Gasteiger partial charge >= 0.3 is 5.97 Å². The highest BCUT2D eigenvalue weighted by atomic mass is 16.5. The van der Waals surface area contributed by atoms with E-state index in [2.05, 4.69) is 13.8 Å². The van der Waals surface area contributed by atoms with Gasteiger partial charge < -0.3 is 14.9 Å². The van der Waals surface area contributed by atoms with E-state index >= 15 is 0 Å². The fourth-order valence-electron chi connectivity index (χ4n) is 4.46. The summed E-state index contributed by atoms with van der Waals surface area (Å²) in [4.78, 5) is 25.8. The molecule has 0 spiro atoms. The minimum Gasteiger partial charge on any atom is -0.461 e. The number of hydrogen-bond donors (Lipinski definition) is 1. The molecule has 0 unspecified atom stereocenters. The summed E-state index contributed by atoms with van der Waals surface area (Å²) in [5.74, 6) is 0.0788. The number of ketones is 1. The van der Waals surface area contributed by atoms with E-state index in [-0.39, 0.29) is 17.6 Å². The van der Waals surface area contributed by atoms with Gasteiger partial charge in [-0.15, -0.1) is 0 Å². The Bertz CT molecular complexity index is 705. The summed E-state index contributed by atoms with van der Waals surface area (Å²) >= 11 is 0. The van der Waals surface area contributed by atoms with Crippen LogP contribution >= 0.6 is 0 Å². The highest BCUT2D eigenvalue weighted by molar-refractivity contribution is 5.99. The molecule has 0 saturated heterocycles. The fourth-order valence-corrected chi connectivity index (χ4v) is 4.46. The second-order valence-corrected chi connectivity index (χ2v) is 8.33. The number of rotatable bonds is 3. The summed E-state index contributed by atoms with van der Waals surface area (Å²) in [5.41, 5.74) is 6.23. The normalized spacial score (nSPS) is 34.0. The van der Waals surface area contributed by atoms with Crippen molar-refractivity contribution in [2.75, 3.05) is 0 Å². The molecule has 2 aliphatic rings.